The van der Waals surface area contributed by atoms with Gasteiger partial charge in [-0.15, -0.1) is 6.58 Å². The summed E-state index contributed by atoms with van der Waals surface area (Å²) < 4.78 is 14.5. The summed E-state index contributed by atoms with van der Waals surface area (Å²) in [7, 11) is 3.94. The third-order valence-electron chi connectivity index (χ3n) is 5.93. The Kier molecular flexibility index (Phi) is 4.01. The molecular weight excluding hydrogens is 293 g/mol. The SMILES string of the molecule is C=CC12CCC(C1)CC(O)(c1cc(O)ccc1F)C2CN(C)C. The standard InChI is InChI=1S/C19H26FNO2/c1-4-18-8-7-13(10-18)11-19(23,17(18)12-21(2)3)15-9-14(22)5-6-16(15)20/h4-6,9,13,17,22-23H,1,7-8,10-12H2,2-3H3. The van der Waals surface area contributed by atoms with Gasteiger partial charge in [-0.2, -0.15) is 0 Å². The van der Waals surface area contributed by atoms with Crippen LogP contribution in [0, 0.1) is 23.1 Å². The van der Waals surface area contributed by atoms with Gasteiger partial charge in [0.2, 0.25) is 0 Å². The summed E-state index contributed by atoms with van der Waals surface area (Å²) in [5.74, 6) is -0.228. The highest BCUT2D eigenvalue weighted by Crippen LogP contribution is 2.62. The highest BCUT2D eigenvalue weighted by atomic mass is 19.1. The van der Waals surface area contributed by atoms with Crippen LogP contribution in [0.2, 0.25) is 0 Å². The van der Waals surface area contributed by atoms with Crippen molar-refractivity contribution in [2.45, 2.75) is 31.3 Å². The fourth-order valence-electron chi connectivity index (χ4n) is 4.93. The molecule has 3 rings (SSSR count). The van der Waals surface area contributed by atoms with Crippen molar-refractivity contribution in [3.05, 3.63) is 42.2 Å². The second-order valence-electron chi connectivity index (χ2n) is 7.65. The van der Waals surface area contributed by atoms with Gasteiger partial charge in [0.25, 0.3) is 0 Å². The van der Waals surface area contributed by atoms with E-state index >= 15 is 0 Å². The lowest BCUT2D eigenvalue weighted by Gasteiger charge is -2.51. The number of nitrogens with zero attached hydrogens (tertiary/aromatic N) is 1. The predicted molar refractivity (Wildman–Crippen MR) is 88.6 cm³/mol. The van der Waals surface area contributed by atoms with E-state index in [4.69, 9.17) is 0 Å². The molecule has 4 atom stereocenters. The third-order valence-corrected chi connectivity index (χ3v) is 5.93. The predicted octanol–water partition coefficient (Wildman–Crippen LogP) is 3.27. The number of benzene rings is 1. The van der Waals surface area contributed by atoms with Gasteiger partial charge in [0.1, 0.15) is 11.6 Å². The van der Waals surface area contributed by atoms with Gasteiger partial charge in [-0.1, -0.05) is 6.08 Å². The van der Waals surface area contributed by atoms with E-state index in [0.29, 0.717) is 18.9 Å². The molecule has 0 amide bonds. The quantitative estimate of drug-likeness (QED) is 0.837. The Morgan fingerprint density at radius 2 is 2.13 bits per heavy atom. The van der Waals surface area contributed by atoms with E-state index < -0.39 is 11.4 Å². The van der Waals surface area contributed by atoms with Crippen LogP contribution in [-0.4, -0.2) is 35.8 Å². The molecule has 2 fully saturated rings. The summed E-state index contributed by atoms with van der Waals surface area (Å²) >= 11 is 0. The van der Waals surface area contributed by atoms with Crippen LogP contribution < -0.4 is 0 Å². The normalized spacial score (nSPS) is 36.4. The fourth-order valence-corrected chi connectivity index (χ4v) is 4.93. The highest BCUT2D eigenvalue weighted by molar-refractivity contribution is 5.35. The molecule has 3 nitrogen and oxygen atoms in total. The average molecular weight is 319 g/mol. The Balaban J connectivity index is 2.14. The van der Waals surface area contributed by atoms with Gasteiger partial charge >= 0.3 is 0 Å². The second kappa shape index (κ2) is 5.60. The molecule has 2 bridgehead atoms. The molecule has 1 aromatic rings. The Morgan fingerprint density at radius 1 is 1.39 bits per heavy atom. The lowest BCUT2D eigenvalue weighted by atomic mass is 9.58. The van der Waals surface area contributed by atoms with E-state index in [-0.39, 0.29) is 22.6 Å². The molecular formula is C19H26FNO2. The molecule has 0 spiro atoms. The fraction of sp³-hybridized carbons (Fsp3) is 0.579. The number of halogens is 1. The molecule has 0 aliphatic heterocycles. The summed E-state index contributed by atoms with van der Waals surface area (Å²) in [6.45, 7) is 4.70. The molecule has 0 saturated heterocycles. The van der Waals surface area contributed by atoms with Gasteiger partial charge in [0.15, 0.2) is 0 Å². The first-order chi connectivity index (χ1) is 10.8. The van der Waals surface area contributed by atoms with Crippen LogP contribution >= 0.6 is 0 Å². The van der Waals surface area contributed by atoms with Crippen molar-refractivity contribution in [1.82, 2.24) is 4.90 Å². The maximum Gasteiger partial charge on any atom is 0.129 e. The van der Waals surface area contributed by atoms with Gasteiger partial charge in [0, 0.05) is 18.0 Å². The highest BCUT2D eigenvalue weighted by Gasteiger charge is 2.58. The Bertz CT molecular complexity index is 617. The number of aromatic hydroxyl groups is 1. The van der Waals surface area contributed by atoms with Gasteiger partial charge in [-0.05, 0) is 69.3 Å². The lowest BCUT2D eigenvalue weighted by molar-refractivity contribution is -0.112. The molecule has 2 aliphatic carbocycles. The zero-order valence-electron chi connectivity index (χ0n) is 13.9. The topological polar surface area (TPSA) is 43.7 Å². The molecule has 0 radical (unpaired) electrons. The Labute approximate surface area is 137 Å². The number of aliphatic hydroxyl groups is 1. The third kappa shape index (κ3) is 2.58. The van der Waals surface area contributed by atoms with Crippen molar-refractivity contribution in [1.29, 1.82) is 0 Å². The van der Waals surface area contributed by atoms with E-state index in [1.165, 1.54) is 18.2 Å². The minimum atomic E-state index is -1.28. The van der Waals surface area contributed by atoms with Crippen LogP contribution in [0.3, 0.4) is 0 Å². The number of allylic oxidation sites excluding steroid dienone is 1. The second-order valence-corrected chi connectivity index (χ2v) is 7.65. The van der Waals surface area contributed by atoms with Crippen molar-refractivity contribution in [3.63, 3.8) is 0 Å². The molecule has 23 heavy (non-hydrogen) atoms. The van der Waals surface area contributed by atoms with E-state index in [2.05, 4.69) is 6.58 Å². The molecule has 0 aromatic heterocycles. The van der Waals surface area contributed by atoms with Crippen molar-refractivity contribution in [3.8, 4) is 5.75 Å². The van der Waals surface area contributed by atoms with Crippen LogP contribution in [0.15, 0.2) is 30.9 Å². The monoisotopic (exact) mass is 319 g/mol. The summed E-state index contributed by atoms with van der Waals surface area (Å²) in [5.41, 5.74) is -1.22. The van der Waals surface area contributed by atoms with Crippen LogP contribution in [0.25, 0.3) is 0 Å². The molecule has 2 saturated carbocycles. The first kappa shape index (κ1) is 16.5. The van der Waals surface area contributed by atoms with Gasteiger partial charge < -0.3 is 15.1 Å². The smallest absolute Gasteiger partial charge is 0.129 e. The van der Waals surface area contributed by atoms with Crippen LogP contribution in [0.5, 0.6) is 5.75 Å². The minimum Gasteiger partial charge on any atom is -0.508 e. The number of rotatable bonds is 4. The summed E-state index contributed by atoms with van der Waals surface area (Å²) in [4.78, 5) is 2.04. The van der Waals surface area contributed by atoms with E-state index in [0.717, 1.165) is 19.3 Å². The zero-order valence-corrected chi connectivity index (χ0v) is 13.9. The number of phenolic OH excluding ortho intramolecular Hbond substituents is 1. The van der Waals surface area contributed by atoms with Crippen LogP contribution in [-0.2, 0) is 5.60 Å². The zero-order chi connectivity index (χ0) is 16.8. The maximum atomic E-state index is 14.5. The average Bonchev–Trinajstić information content (AvgIpc) is 2.86. The number of phenols is 1. The summed E-state index contributed by atoms with van der Waals surface area (Å²) in [6.07, 6.45) is 5.56. The van der Waals surface area contributed by atoms with E-state index in [1.54, 1.807) is 0 Å². The number of fused-ring (bicyclic) bond motifs is 2. The van der Waals surface area contributed by atoms with Crippen LogP contribution in [0.1, 0.15) is 31.2 Å². The molecule has 0 heterocycles. The molecule has 126 valence electrons. The lowest BCUT2D eigenvalue weighted by Crippen LogP contribution is -2.52. The van der Waals surface area contributed by atoms with Crippen molar-refractivity contribution >= 4 is 0 Å². The van der Waals surface area contributed by atoms with Crippen molar-refractivity contribution in [2.75, 3.05) is 20.6 Å². The van der Waals surface area contributed by atoms with E-state index in [9.17, 15) is 14.6 Å². The van der Waals surface area contributed by atoms with Crippen LogP contribution in [0.4, 0.5) is 4.39 Å². The first-order valence-corrected chi connectivity index (χ1v) is 8.30. The van der Waals surface area contributed by atoms with Crippen molar-refractivity contribution in [2.24, 2.45) is 17.3 Å². The van der Waals surface area contributed by atoms with Crippen molar-refractivity contribution < 1.29 is 14.6 Å². The van der Waals surface area contributed by atoms with Gasteiger partial charge in [-0.3, -0.25) is 0 Å². The minimum absolute atomic E-state index is 0.0102. The van der Waals surface area contributed by atoms with Gasteiger partial charge in [-0.25, -0.2) is 4.39 Å². The maximum absolute atomic E-state index is 14.5. The van der Waals surface area contributed by atoms with Gasteiger partial charge in [0.05, 0.1) is 5.60 Å². The largest absolute Gasteiger partial charge is 0.508 e. The van der Waals surface area contributed by atoms with E-state index in [1.807, 2.05) is 25.1 Å². The summed E-state index contributed by atoms with van der Waals surface area (Å²) in [6, 6.07) is 3.95. The molecule has 1 aromatic carbocycles. The Hall–Kier alpha value is -1.39. The first-order valence-electron chi connectivity index (χ1n) is 8.30. The molecule has 2 aliphatic rings. The number of hydrogen-bond donors (Lipinski definition) is 2. The number of hydrogen-bond acceptors (Lipinski definition) is 3. The molecule has 4 heteroatoms. The Morgan fingerprint density at radius 3 is 2.78 bits per heavy atom. The summed E-state index contributed by atoms with van der Waals surface area (Å²) in [5, 5.41) is 21.4. The molecule has 2 N–H and O–H groups in total. The molecule has 4 unspecified atom stereocenters.